The van der Waals surface area contributed by atoms with E-state index in [2.05, 4.69) is 37.2 Å². The second-order valence-corrected chi connectivity index (χ2v) is 6.26. The largest absolute Gasteiger partial charge is 0.497 e. The van der Waals surface area contributed by atoms with E-state index >= 15 is 0 Å². The lowest BCUT2D eigenvalue weighted by Gasteiger charge is -2.21. The van der Waals surface area contributed by atoms with Crippen LogP contribution in [0.4, 0.5) is 4.39 Å². The summed E-state index contributed by atoms with van der Waals surface area (Å²) in [7, 11) is 1.63. The molecule has 2 aromatic carbocycles. The smallest absolute Gasteiger partial charge is 0.137 e. The number of benzene rings is 2. The second kappa shape index (κ2) is 7.38. The summed E-state index contributed by atoms with van der Waals surface area (Å²) in [6, 6.07) is 10.9. The summed E-state index contributed by atoms with van der Waals surface area (Å²) in [5.74, 6) is 0.517. The monoisotopic (exact) mass is 415 g/mol. The highest BCUT2D eigenvalue weighted by Gasteiger charge is 2.17. The van der Waals surface area contributed by atoms with Gasteiger partial charge < -0.3 is 10.1 Å². The Morgan fingerprint density at radius 1 is 1.14 bits per heavy atom. The van der Waals surface area contributed by atoms with E-state index in [-0.39, 0.29) is 11.9 Å². The number of methoxy groups -OCH3 is 1. The topological polar surface area (TPSA) is 21.3 Å². The first-order valence-corrected chi connectivity index (χ1v) is 8.17. The van der Waals surface area contributed by atoms with Crippen LogP contribution in [-0.2, 0) is 0 Å². The fourth-order valence-corrected chi connectivity index (χ4v) is 3.01. The zero-order valence-corrected chi connectivity index (χ0v) is 15.0. The molecule has 0 radical (unpaired) electrons. The van der Waals surface area contributed by atoms with Gasteiger partial charge in [0.15, 0.2) is 0 Å². The zero-order chi connectivity index (χ0) is 15.4. The van der Waals surface area contributed by atoms with Gasteiger partial charge in [-0.1, -0.05) is 35.0 Å². The second-order valence-electron chi connectivity index (χ2n) is 4.55. The van der Waals surface area contributed by atoms with Crippen molar-refractivity contribution >= 4 is 31.9 Å². The molecule has 21 heavy (non-hydrogen) atoms. The molecule has 0 aromatic heterocycles. The molecule has 2 rings (SSSR count). The zero-order valence-electron chi connectivity index (χ0n) is 11.8. The summed E-state index contributed by atoms with van der Waals surface area (Å²) in [5, 5.41) is 3.39. The van der Waals surface area contributed by atoms with Gasteiger partial charge in [0.05, 0.1) is 17.6 Å². The van der Waals surface area contributed by atoms with Crippen LogP contribution in [0.15, 0.2) is 45.3 Å². The summed E-state index contributed by atoms with van der Waals surface area (Å²) in [6.45, 7) is 2.81. The van der Waals surface area contributed by atoms with E-state index in [4.69, 9.17) is 4.74 Å². The van der Waals surface area contributed by atoms with Gasteiger partial charge >= 0.3 is 0 Å². The Hall–Kier alpha value is -0.910. The minimum Gasteiger partial charge on any atom is -0.497 e. The third kappa shape index (κ3) is 3.84. The van der Waals surface area contributed by atoms with Crippen molar-refractivity contribution in [2.75, 3.05) is 13.7 Å². The molecule has 0 fully saturated rings. The lowest BCUT2D eigenvalue weighted by Crippen LogP contribution is -2.22. The van der Waals surface area contributed by atoms with Gasteiger partial charge in [0.25, 0.3) is 0 Å². The van der Waals surface area contributed by atoms with Gasteiger partial charge in [0.2, 0.25) is 0 Å². The van der Waals surface area contributed by atoms with Gasteiger partial charge in [-0.25, -0.2) is 4.39 Å². The molecule has 5 heteroatoms. The SMILES string of the molecule is CCNC(c1ccc(Br)c(F)c1)c1ccc(OC)cc1Br. The van der Waals surface area contributed by atoms with Gasteiger partial charge in [-0.3, -0.25) is 0 Å². The van der Waals surface area contributed by atoms with Crippen molar-refractivity contribution in [1.82, 2.24) is 5.32 Å². The van der Waals surface area contributed by atoms with Crippen molar-refractivity contribution in [2.45, 2.75) is 13.0 Å². The standard InChI is InChI=1S/C16H16Br2FNO/c1-3-20-16(10-4-7-13(17)15(19)8-10)12-6-5-11(21-2)9-14(12)18/h4-9,16,20H,3H2,1-2H3. The molecule has 0 heterocycles. The number of hydrogen-bond donors (Lipinski definition) is 1. The first kappa shape index (κ1) is 16.5. The molecule has 0 aliphatic carbocycles. The Morgan fingerprint density at radius 2 is 1.90 bits per heavy atom. The molecule has 1 N–H and O–H groups in total. The normalized spacial score (nSPS) is 12.2. The Morgan fingerprint density at radius 3 is 2.48 bits per heavy atom. The van der Waals surface area contributed by atoms with E-state index in [0.29, 0.717) is 4.47 Å². The van der Waals surface area contributed by atoms with Crippen LogP contribution < -0.4 is 10.1 Å². The van der Waals surface area contributed by atoms with Crippen LogP contribution in [-0.4, -0.2) is 13.7 Å². The van der Waals surface area contributed by atoms with Gasteiger partial charge in [0, 0.05) is 4.47 Å². The van der Waals surface area contributed by atoms with Gasteiger partial charge in [-0.2, -0.15) is 0 Å². The van der Waals surface area contributed by atoms with E-state index < -0.39 is 0 Å². The highest BCUT2D eigenvalue weighted by molar-refractivity contribution is 9.10. The molecular weight excluding hydrogens is 401 g/mol. The Labute approximate surface area is 141 Å². The van der Waals surface area contributed by atoms with E-state index in [1.165, 1.54) is 0 Å². The minimum absolute atomic E-state index is 0.0853. The van der Waals surface area contributed by atoms with Gasteiger partial charge in [-0.05, 0) is 57.9 Å². The van der Waals surface area contributed by atoms with Crippen LogP contribution in [0, 0.1) is 5.82 Å². The van der Waals surface area contributed by atoms with Crippen molar-refractivity contribution in [1.29, 1.82) is 0 Å². The van der Waals surface area contributed by atoms with E-state index in [9.17, 15) is 4.39 Å². The molecule has 1 atom stereocenters. The molecule has 0 saturated carbocycles. The average Bonchev–Trinajstić information content (AvgIpc) is 2.48. The molecule has 0 bridgehead atoms. The molecule has 2 nitrogen and oxygen atoms in total. The average molecular weight is 417 g/mol. The molecule has 0 amide bonds. The lowest BCUT2D eigenvalue weighted by molar-refractivity contribution is 0.414. The Bertz CT molecular complexity index is 634. The number of nitrogens with one attached hydrogen (secondary N) is 1. The maximum Gasteiger partial charge on any atom is 0.137 e. The first-order chi connectivity index (χ1) is 10.1. The molecule has 0 spiro atoms. The summed E-state index contributed by atoms with van der Waals surface area (Å²) < 4.78 is 20.4. The van der Waals surface area contributed by atoms with Crippen molar-refractivity contribution in [3.8, 4) is 5.75 Å². The molecule has 112 valence electrons. The van der Waals surface area contributed by atoms with Crippen molar-refractivity contribution in [3.05, 3.63) is 62.3 Å². The van der Waals surface area contributed by atoms with Crippen LogP contribution in [0.3, 0.4) is 0 Å². The van der Waals surface area contributed by atoms with Crippen molar-refractivity contribution in [2.24, 2.45) is 0 Å². The molecule has 0 aliphatic rings. The van der Waals surface area contributed by atoms with E-state index in [0.717, 1.165) is 27.9 Å². The Balaban J connectivity index is 2.45. The van der Waals surface area contributed by atoms with Crippen LogP contribution in [0.5, 0.6) is 5.75 Å². The minimum atomic E-state index is -0.264. The van der Waals surface area contributed by atoms with Gasteiger partial charge in [-0.15, -0.1) is 0 Å². The molecule has 2 aromatic rings. The number of ether oxygens (including phenoxy) is 1. The lowest BCUT2D eigenvalue weighted by atomic mass is 9.98. The van der Waals surface area contributed by atoms with Crippen LogP contribution in [0.2, 0.25) is 0 Å². The van der Waals surface area contributed by atoms with Gasteiger partial charge in [0.1, 0.15) is 11.6 Å². The molecule has 0 saturated heterocycles. The van der Waals surface area contributed by atoms with Crippen molar-refractivity contribution < 1.29 is 9.13 Å². The first-order valence-electron chi connectivity index (χ1n) is 6.58. The van der Waals surface area contributed by atoms with Crippen LogP contribution in [0.25, 0.3) is 0 Å². The van der Waals surface area contributed by atoms with Crippen molar-refractivity contribution in [3.63, 3.8) is 0 Å². The summed E-state index contributed by atoms with van der Waals surface area (Å²) in [5.41, 5.74) is 1.92. The third-order valence-corrected chi connectivity index (χ3v) is 4.53. The fraction of sp³-hybridized carbons (Fsp3) is 0.250. The summed E-state index contributed by atoms with van der Waals surface area (Å²) >= 11 is 6.75. The number of halogens is 3. The Kier molecular flexibility index (Phi) is 5.79. The predicted octanol–water partition coefficient (Wildman–Crippen LogP) is 5.06. The predicted molar refractivity (Wildman–Crippen MR) is 90.3 cm³/mol. The van der Waals surface area contributed by atoms with E-state index in [1.807, 2.05) is 31.2 Å². The highest BCUT2D eigenvalue weighted by atomic mass is 79.9. The summed E-state index contributed by atoms with van der Waals surface area (Å²) in [4.78, 5) is 0. The summed E-state index contributed by atoms with van der Waals surface area (Å²) in [6.07, 6.45) is 0. The maximum atomic E-state index is 13.8. The quantitative estimate of drug-likeness (QED) is 0.735. The maximum absolute atomic E-state index is 13.8. The third-order valence-electron chi connectivity index (χ3n) is 3.20. The number of rotatable bonds is 5. The molecule has 1 unspecified atom stereocenters. The van der Waals surface area contributed by atoms with Crippen LogP contribution >= 0.6 is 31.9 Å². The van der Waals surface area contributed by atoms with Crippen LogP contribution in [0.1, 0.15) is 24.1 Å². The molecule has 0 aliphatic heterocycles. The highest BCUT2D eigenvalue weighted by Crippen LogP contribution is 2.32. The number of hydrogen-bond acceptors (Lipinski definition) is 2. The fourth-order valence-electron chi connectivity index (χ4n) is 2.17. The molecular formula is C16H16Br2FNO. The van der Waals surface area contributed by atoms with E-state index in [1.54, 1.807) is 19.2 Å².